The second-order valence-electron chi connectivity index (χ2n) is 16.3. The minimum atomic E-state index is -1.39. The van der Waals surface area contributed by atoms with Gasteiger partial charge in [0.15, 0.2) is 0 Å². The smallest absolute Gasteiger partial charge is 0.306 e. The Morgan fingerprint density at radius 3 is 1.39 bits per heavy atom. The molecule has 0 aromatic rings. The van der Waals surface area contributed by atoms with Gasteiger partial charge in [0.1, 0.15) is 19.8 Å². The van der Waals surface area contributed by atoms with Crippen LogP contribution in [0.3, 0.4) is 0 Å². The summed E-state index contributed by atoms with van der Waals surface area (Å²) >= 11 is 0. The minimum absolute atomic E-state index is 0.0553. The second-order valence-corrected chi connectivity index (χ2v) is 16.3. The highest BCUT2D eigenvalue weighted by atomic mass is 16.6. The average molecular weight is 791 g/mol. The molecule has 0 aromatic carbocycles. The van der Waals surface area contributed by atoms with Crippen molar-refractivity contribution in [2.45, 2.75) is 168 Å². The number of ether oxygens (including phenoxy) is 5. The number of fused-ring (bicyclic) bond motifs is 2. The van der Waals surface area contributed by atoms with Gasteiger partial charge in [-0.25, -0.2) is 0 Å². The molecule has 0 aliphatic heterocycles. The van der Waals surface area contributed by atoms with E-state index >= 15 is 0 Å². The highest BCUT2D eigenvalue weighted by Crippen LogP contribution is 2.53. The SMILES string of the molecule is CCCCC/C=C\CCOC(=O)CCCC(=O)OCC(CO)(COC(=O)CCCC(=O)OCC/C=C\CCCCC)COC(=O)CC1(CC)CC2CCC(C2)C1. The van der Waals surface area contributed by atoms with Gasteiger partial charge in [-0.15, -0.1) is 0 Å². The van der Waals surface area contributed by atoms with E-state index in [9.17, 15) is 29.1 Å². The van der Waals surface area contributed by atoms with Crippen LogP contribution in [-0.2, 0) is 47.7 Å². The van der Waals surface area contributed by atoms with Crippen LogP contribution in [0.5, 0.6) is 0 Å². The van der Waals surface area contributed by atoms with Gasteiger partial charge in [0.25, 0.3) is 0 Å². The molecular formula is C45H74O11. The molecule has 0 saturated heterocycles. The molecular weight excluding hydrogens is 716 g/mol. The summed E-state index contributed by atoms with van der Waals surface area (Å²) in [5.41, 5.74) is -1.50. The molecule has 2 atom stereocenters. The molecule has 2 rings (SSSR count). The van der Waals surface area contributed by atoms with Crippen molar-refractivity contribution in [2.75, 3.05) is 39.6 Å². The lowest BCUT2D eigenvalue weighted by Gasteiger charge is -2.40. The molecule has 0 spiro atoms. The molecule has 0 heterocycles. The van der Waals surface area contributed by atoms with Crippen LogP contribution >= 0.6 is 0 Å². The molecule has 2 fully saturated rings. The molecule has 2 aliphatic carbocycles. The zero-order chi connectivity index (χ0) is 40.9. The molecule has 2 unspecified atom stereocenters. The third-order valence-electron chi connectivity index (χ3n) is 11.2. The second kappa shape index (κ2) is 29.1. The van der Waals surface area contributed by atoms with Gasteiger partial charge in [-0.3, -0.25) is 24.0 Å². The Balaban J connectivity index is 1.85. The van der Waals surface area contributed by atoms with E-state index in [-0.39, 0.29) is 89.4 Å². The quantitative estimate of drug-likeness (QED) is 0.0301. The van der Waals surface area contributed by atoms with Gasteiger partial charge in [-0.05, 0) is 94.3 Å². The molecule has 0 aromatic heterocycles. The Morgan fingerprint density at radius 2 is 0.982 bits per heavy atom. The fourth-order valence-electron chi connectivity index (χ4n) is 7.76. The van der Waals surface area contributed by atoms with Crippen LogP contribution in [0.15, 0.2) is 24.3 Å². The maximum Gasteiger partial charge on any atom is 0.306 e. The normalized spacial score (nSPS) is 19.3. The van der Waals surface area contributed by atoms with Crippen molar-refractivity contribution in [3.63, 3.8) is 0 Å². The number of hydrogen-bond donors (Lipinski definition) is 1. The van der Waals surface area contributed by atoms with Gasteiger partial charge >= 0.3 is 29.8 Å². The van der Waals surface area contributed by atoms with Crippen LogP contribution in [0.1, 0.15) is 168 Å². The number of aliphatic hydroxyl groups is 1. The fourth-order valence-corrected chi connectivity index (χ4v) is 7.76. The number of unbranched alkanes of at least 4 members (excludes halogenated alkanes) is 6. The van der Waals surface area contributed by atoms with Gasteiger partial charge in [-0.1, -0.05) is 83.6 Å². The number of hydrogen-bond acceptors (Lipinski definition) is 11. The molecule has 320 valence electrons. The van der Waals surface area contributed by atoms with E-state index in [1.165, 1.54) is 44.9 Å². The Hall–Kier alpha value is -3.21. The number of carbonyl (C=O) groups is 5. The fraction of sp³-hybridized carbons (Fsp3) is 0.800. The molecule has 0 amide bonds. The summed E-state index contributed by atoms with van der Waals surface area (Å²) in [6.07, 6.45) is 25.8. The van der Waals surface area contributed by atoms with Crippen molar-refractivity contribution in [1.29, 1.82) is 0 Å². The van der Waals surface area contributed by atoms with Crippen LogP contribution in [0.2, 0.25) is 0 Å². The van der Waals surface area contributed by atoms with Crippen LogP contribution in [-0.4, -0.2) is 74.6 Å². The van der Waals surface area contributed by atoms with Crippen molar-refractivity contribution in [2.24, 2.45) is 22.7 Å². The van der Waals surface area contributed by atoms with E-state index in [1.54, 1.807) is 0 Å². The summed E-state index contributed by atoms with van der Waals surface area (Å²) in [6, 6.07) is 0. The molecule has 0 radical (unpaired) electrons. The summed E-state index contributed by atoms with van der Waals surface area (Å²) < 4.78 is 27.3. The Labute approximate surface area is 337 Å². The van der Waals surface area contributed by atoms with Crippen LogP contribution in [0.4, 0.5) is 0 Å². The van der Waals surface area contributed by atoms with Crippen molar-refractivity contribution in [3.05, 3.63) is 24.3 Å². The van der Waals surface area contributed by atoms with E-state index in [2.05, 4.69) is 32.9 Å². The number of allylic oxidation sites excluding steroid dienone is 2. The number of carbonyl (C=O) groups excluding carboxylic acids is 5. The van der Waals surface area contributed by atoms with Gasteiger partial charge in [-0.2, -0.15) is 0 Å². The molecule has 2 aliphatic rings. The highest BCUT2D eigenvalue weighted by Gasteiger charge is 2.44. The molecule has 11 nitrogen and oxygen atoms in total. The largest absolute Gasteiger partial charge is 0.465 e. The third kappa shape index (κ3) is 21.4. The zero-order valence-corrected chi connectivity index (χ0v) is 35.0. The van der Waals surface area contributed by atoms with Crippen molar-refractivity contribution in [3.8, 4) is 0 Å². The average Bonchev–Trinajstić information content (AvgIpc) is 3.54. The van der Waals surface area contributed by atoms with Gasteiger partial charge in [0.2, 0.25) is 0 Å². The lowest BCUT2D eigenvalue weighted by Crippen LogP contribution is -2.43. The lowest BCUT2D eigenvalue weighted by atomic mass is 9.66. The first-order chi connectivity index (χ1) is 27.1. The monoisotopic (exact) mass is 791 g/mol. The first kappa shape index (κ1) is 48.9. The Bertz CT molecular complexity index is 1140. The maximum absolute atomic E-state index is 13.3. The standard InChI is InChI=1S/C45H74O11/c1-4-7-9-11-13-15-17-27-52-39(47)21-19-23-41(49)54-34-45(33-46,36-56-43(51)32-44(6-3)30-37-25-26-38(29-37)31-44)35-55-42(50)24-20-22-40(48)53-28-18-16-14-12-10-8-5-2/h13-16,37-38,46H,4-12,17-36H2,1-3H3/b15-13-,16-14-. The van der Waals surface area contributed by atoms with E-state index < -0.39 is 35.9 Å². The summed E-state index contributed by atoms with van der Waals surface area (Å²) in [5.74, 6) is -1.09. The van der Waals surface area contributed by atoms with Crippen LogP contribution < -0.4 is 0 Å². The lowest BCUT2D eigenvalue weighted by molar-refractivity contribution is -0.166. The molecule has 11 heteroatoms. The number of esters is 5. The minimum Gasteiger partial charge on any atom is -0.465 e. The van der Waals surface area contributed by atoms with Crippen LogP contribution in [0, 0.1) is 22.7 Å². The summed E-state index contributed by atoms with van der Waals surface area (Å²) in [5, 5.41) is 10.6. The van der Waals surface area contributed by atoms with Crippen molar-refractivity contribution in [1.82, 2.24) is 0 Å². The third-order valence-corrected chi connectivity index (χ3v) is 11.2. The summed E-state index contributed by atoms with van der Waals surface area (Å²) in [6.45, 7) is 5.40. The summed E-state index contributed by atoms with van der Waals surface area (Å²) in [7, 11) is 0. The van der Waals surface area contributed by atoms with E-state index in [0.29, 0.717) is 24.7 Å². The van der Waals surface area contributed by atoms with Crippen molar-refractivity contribution < 1.29 is 52.8 Å². The van der Waals surface area contributed by atoms with Gasteiger partial charge < -0.3 is 28.8 Å². The predicted molar refractivity (Wildman–Crippen MR) is 215 cm³/mol. The van der Waals surface area contributed by atoms with Crippen molar-refractivity contribution >= 4 is 29.8 Å². The van der Waals surface area contributed by atoms with E-state index in [4.69, 9.17) is 23.7 Å². The molecule has 2 bridgehead atoms. The maximum atomic E-state index is 13.3. The van der Waals surface area contributed by atoms with Gasteiger partial charge in [0.05, 0.1) is 31.7 Å². The molecule has 56 heavy (non-hydrogen) atoms. The highest BCUT2D eigenvalue weighted by molar-refractivity contribution is 5.73. The first-order valence-corrected chi connectivity index (χ1v) is 21.8. The van der Waals surface area contributed by atoms with E-state index in [0.717, 1.165) is 44.9 Å². The summed E-state index contributed by atoms with van der Waals surface area (Å²) in [4.78, 5) is 63.0. The number of rotatable bonds is 32. The number of aliphatic hydroxyl groups excluding tert-OH is 1. The molecule has 2 saturated carbocycles. The Kier molecular flexibility index (Phi) is 25.4. The molecule has 1 N–H and O–H groups in total. The van der Waals surface area contributed by atoms with Crippen LogP contribution in [0.25, 0.3) is 0 Å². The zero-order valence-electron chi connectivity index (χ0n) is 35.0. The first-order valence-electron chi connectivity index (χ1n) is 21.8. The predicted octanol–water partition coefficient (Wildman–Crippen LogP) is 9.07. The van der Waals surface area contributed by atoms with E-state index in [1.807, 2.05) is 12.2 Å². The van der Waals surface area contributed by atoms with Gasteiger partial charge in [0, 0.05) is 25.7 Å². The topological polar surface area (TPSA) is 152 Å². The Morgan fingerprint density at radius 1 is 0.571 bits per heavy atom.